The molecule has 1 saturated carbocycles. The maximum atomic E-state index is 10.2. The van der Waals surface area contributed by atoms with Crippen LogP contribution in [0.5, 0.6) is 0 Å². The van der Waals surface area contributed by atoms with Crippen molar-refractivity contribution in [3.63, 3.8) is 0 Å². The molecule has 1 fully saturated rings. The lowest BCUT2D eigenvalue weighted by Crippen LogP contribution is -2.41. The SMILES string of the molecule is CC1=C(CCNc2ncc(C#N)c(N[C@@H]3CC[C@H](O)C(C)(C)C3)n2)c2c(Cl)cc(Cl)cc2C1. The fourth-order valence-corrected chi connectivity index (χ4v) is 5.60. The van der Waals surface area contributed by atoms with E-state index in [2.05, 4.69) is 47.4 Å². The lowest BCUT2D eigenvalue weighted by atomic mass is 9.73. The number of benzene rings is 1. The number of halogens is 2. The Balaban J connectivity index is 1.43. The van der Waals surface area contributed by atoms with E-state index in [1.165, 1.54) is 16.7 Å². The molecule has 0 spiro atoms. The number of anilines is 2. The zero-order valence-corrected chi connectivity index (χ0v) is 20.7. The van der Waals surface area contributed by atoms with E-state index >= 15 is 0 Å². The van der Waals surface area contributed by atoms with Gasteiger partial charge in [0.2, 0.25) is 5.95 Å². The Morgan fingerprint density at radius 1 is 1.27 bits per heavy atom. The third kappa shape index (κ3) is 5.11. The van der Waals surface area contributed by atoms with Crippen LogP contribution in [0.4, 0.5) is 11.8 Å². The Kier molecular flexibility index (Phi) is 6.86. The predicted octanol–water partition coefficient (Wildman–Crippen LogP) is 5.84. The average Bonchev–Trinajstić information content (AvgIpc) is 3.06. The van der Waals surface area contributed by atoms with E-state index < -0.39 is 0 Å². The van der Waals surface area contributed by atoms with Gasteiger partial charge in [-0.05, 0) is 73.3 Å². The molecule has 2 atom stereocenters. The first-order chi connectivity index (χ1) is 15.7. The Labute approximate surface area is 205 Å². The van der Waals surface area contributed by atoms with Crippen LogP contribution in [0, 0.1) is 16.7 Å². The number of allylic oxidation sites excluding steroid dienone is 1. The molecule has 0 radical (unpaired) electrons. The van der Waals surface area contributed by atoms with Gasteiger partial charge >= 0.3 is 0 Å². The molecule has 0 unspecified atom stereocenters. The molecule has 33 heavy (non-hydrogen) atoms. The second kappa shape index (κ2) is 9.50. The zero-order chi connectivity index (χ0) is 23.8. The van der Waals surface area contributed by atoms with Crippen molar-refractivity contribution in [2.75, 3.05) is 17.2 Å². The number of nitriles is 1. The number of nitrogens with one attached hydrogen (secondary N) is 2. The van der Waals surface area contributed by atoms with Crippen molar-refractivity contribution in [3.8, 4) is 6.07 Å². The monoisotopic (exact) mass is 485 g/mol. The normalized spacial score (nSPS) is 21.5. The van der Waals surface area contributed by atoms with E-state index in [-0.39, 0.29) is 17.6 Å². The van der Waals surface area contributed by atoms with Crippen LogP contribution in [0.3, 0.4) is 0 Å². The quantitative estimate of drug-likeness (QED) is 0.475. The molecule has 1 heterocycles. The minimum absolute atomic E-state index is 0.148. The van der Waals surface area contributed by atoms with Crippen LogP contribution in [-0.4, -0.2) is 33.8 Å². The van der Waals surface area contributed by atoms with Crippen molar-refractivity contribution < 1.29 is 5.11 Å². The number of hydrogen-bond donors (Lipinski definition) is 3. The molecule has 6 nitrogen and oxygen atoms in total. The van der Waals surface area contributed by atoms with Crippen LogP contribution in [0.25, 0.3) is 5.57 Å². The van der Waals surface area contributed by atoms with Crippen LogP contribution in [0.2, 0.25) is 10.0 Å². The first-order valence-electron chi connectivity index (χ1n) is 11.3. The minimum atomic E-state index is -0.309. The largest absolute Gasteiger partial charge is 0.393 e. The highest BCUT2D eigenvalue weighted by Crippen LogP contribution is 2.41. The number of rotatable bonds is 6. The Bertz CT molecular complexity index is 1140. The van der Waals surface area contributed by atoms with Crippen molar-refractivity contribution in [1.29, 1.82) is 5.26 Å². The van der Waals surface area contributed by atoms with Crippen LogP contribution in [0.1, 0.15) is 63.1 Å². The Morgan fingerprint density at radius 3 is 2.79 bits per heavy atom. The molecule has 2 aromatic rings. The van der Waals surface area contributed by atoms with Crippen LogP contribution in [0.15, 0.2) is 23.9 Å². The van der Waals surface area contributed by atoms with Crippen LogP contribution in [-0.2, 0) is 6.42 Å². The highest BCUT2D eigenvalue weighted by Gasteiger charge is 2.36. The Morgan fingerprint density at radius 2 is 2.06 bits per heavy atom. The number of aliphatic hydroxyl groups is 1. The molecule has 0 aliphatic heterocycles. The number of aliphatic hydroxyl groups excluding tert-OH is 1. The van der Waals surface area contributed by atoms with Gasteiger partial charge in [-0.3, -0.25) is 0 Å². The fourth-order valence-electron chi connectivity index (χ4n) is 4.95. The summed E-state index contributed by atoms with van der Waals surface area (Å²) in [5, 5.41) is 27.8. The predicted molar refractivity (Wildman–Crippen MR) is 134 cm³/mol. The van der Waals surface area contributed by atoms with E-state index in [1.54, 1.807) is 12.3 Å². The summed E-state index contributed by atoms with van der Waals surface area (Å²) in [6.07, 6.45) is 5.25. The van der Waals surface area contributed by atoms with E-state index in [9.17, 15) is 10.4 Å². The standard InChI is InChI=1S/C25H29Cl2N5O/c1-14-8-15-9-17(26)10-20(27)22(15)19(14)6-7-29-24-30-13-16(12-28)23(32-24)31-18-4-5-21(33)25(2,3)11-18/h9-10,13,18,21,33H,4-8,11H2,1-3H3,(H2,29,30,31,32)/t18-,21+/m1/s1. The maximum Gasteiger partial charge on any atom is 0.224 e. The zero-order valence-electron chi connectivity index (χ0n) is 19.2. The van der Waals surface area contributed by atoms with Gasteiger partial charge in [0.05, 0.1) is 12.3 Å². The minimum Gasteiger partial charge on any atom is -0.393 e. The van der Waals surface area contributed by atoms with E-state index in [0.29, 0.717) is 33.9 Å². The van der Waals surface area contributed by atoms with Gasteiger partial charge in [0.1, 0.15) is 17.5 Å². The van der Waals surface area contributed by atoms with Crippen LogP contribution < -0.4 is 10.6 Å². The number of nitrogens with zero attached hydrogens (tertiary/aromatic N) is 3. The first kappa shape index (κ1) is 23.8. The summed E-state index contributed by atoms with van der Waals surface area (Å²) < 4.78 is 0. The van der Waals surface area contributed by atoms with Gasteiger partial charge in [0.15, 0.2) is 0 Å². The summed E-state index contributed by atoms with van der Waals surface area (Å²) in [5.41, 5.74) is 5.02. The van der Waals surface area contributed by atoms with E-state index in [1.807, 2.05) is 6.07 Å². The lowest BCUT2D eigenvalue weighted by Gasteiger charge is -2.40. The molecule has 2 aliphatic rings. The summed E-state index contributed by atoms with van der Waals surface area (Å²) in [5.74, 6) is 1.01. The molecule has 2 aliphatic carbocycles. The van der Waals surface area contributed by atoms with Gasteiger partial charge in [0.25, 0.3) is 0 Å². The Hall–Kier alpha value is -2.33. The van der Waals surface area contributed by atoms with E-state index in [0.717, 1.165) is 37.7 Å². The van der Waals surface area contributed by atoms with Crippen molar-refractivity contribution in [1.82, 2.24) is 9.97 Å². The lowest BCUT2D eigenvalue weighted by molar-refractivity contribution is 0.00926. The highest BCUT2D eigenvalue weighted by molar-refractivity contribution is 6.36. The van der Waals surface area contributed by atoms with Crippen molar-refractivity contribution in [3.05, 3.63) is 50.6 Å². The second-order valence-corrected chi connectivity index (χ2v) is 10.6. The molecule has 4 rings (SSSR count). The molecule has 1 aromatic carbocycles. The fraction of sp³-hybridized carbons (Fsp3) is 0.480. The van der Waals surface area contributed by atoms with Gasteiger partial charge in [0, 0.05) is 22.6 Å². The maximum absolute atomic E-state index is 10.2. The van der Waals surface area contributed by atoms with Gasteiger partial charge in [-0.25, -0.2) is 4.98 Å². The summed E-state index contributed by atoms with van der Waals surface area (Å²) in [6, 6.07) is 6.10. The number of fused-ring (bicyclic) bond motifs is 1. The van der Waals surface area contributed by atoms with Gasteiger partial charge in [-0.15, -0.1) is 0 Å². The molecule has 8 heteroatoms. The molecule has 3 N–H and O–H groups in total. The second-order valence-electron chi connectivity index (χ2n) is 9.73. The third-order valence-electron chi connectivity index (χ3n) is 6.78. The molecule has 0 amide bonds. The number of hydrogen-bond acceptors (Lipinski definition) is 6. The van der Waals surface area contributed by atoms with E-state index in [4.69, 9.17) is 23.2 Å². The van der Waals surface area contributed by atoms with Gasteiger partial charge in [-0.1, -0.05) is 42.6 Å². The average molecular weight is 486 g/mol. The summed E-state index contributed by atoms with van der Waals surface area (Å²) in [6.45, 7) is 6.91. The van der Waals surface area contributed by atoms with Crippen molar-refractivity contribution >= 4 is 40.5 Å². The molecular weight excluding hydrogens is 457 g/mol. The van der Waals surface area contributed by atoms with Gasteiger partial charge in [-0.2, -0.15) is 10.2 Å². The summed E-state index contributed by atoms with van der Waals surface area (Å²) >= 11 is 12.7. The summed E-state index contributed by atoms with van der Waals surface area (Å²) in [7, 11) is 0. The number of aromatic nitrogens is 2. The highest BCUT2D eigenvalue weighted by atomic mass is 35.5. The molecule has 1 aromatic heterocycles. The molecular formula is C25H29Cl2N5O. The van der Waals surface area contributed by atoms with Crippen molar-refractivity contribution in [2.24, 2.45) is 5.41 Å². The van der Waals surface area contributed by atoms with Crippen molar-refractivity contribution in [2.45, 2.75) is 65.0 Å². The topological polar surface area (TPSA) is 93.9 Å². The third-order valence-corrected chi connectivity index (χ3v) is 7.30. The summed E-state index contributed by atoms with van der Waals surface area (Å²) in [4.78, 5) is 8.90. The van der Waals surface area contributed by atoms with Crippen LogP contribution >= 0.6 is 23.2 Å². The smallest absolute Gasteiger partial charge is 0.224 e. The molecule has 0 bridgehead atoms. The molecule has 0 saturated heterocycles. The van der Waals surface area contributed by atoms with Gasteiger partial charge < -0.3 is 15.7 Å². The first-order valence-corrected chi connectivity index (χ1v) is 12.1. The molecule has 174 valence electrons.